The monoisotopic (exact) mass is 366 g/mol. The van der Waals surface area contributed by atoms with Gasteiger partial charge in [-0.15, -0.1) is 6.58 Å². The van der Waals surface area contributed by atoms with Crippen molar-refractivity contribution in [2.24, 2.45) is 4.99 Å². The second-order valence-corrected chi connectivity index (χ2v) is 6.79. The third-order valence-electron chi connectivity index (χ3n) is 4.24. The van der Waals surface area contributed by atoms with Crippen LogP contribution in [-0.2, 0) is 10.2 Å². The van der Waals surface area contributed by atoms with Gasteiger partial charge in [0.15, 0.2) is 5.96 Å². The molecule has 1 aliphatic rings. The first-order valence-corrected chi connectivity index (χ1v) is 8.54. The van der Waals surface area contributed by atoms with Crippen LogP contribution in [0.1, 0.15) is 18.4 Å². The first-order valence-electron chi connectivity index (χ1n) is 8.17. The summed E-state index contributed by atoms with van der Waals surface area (Å²) in [4.78, 5) is 17.5. The summed E-state index contributed by atoms with van der Waals surface area (Å²) in [5.74, 6) is 0.122. The average Bonchev–Trinajstić information content (AvgIpc) is 3.34. The van der Waals surface area contributed by atoms with Crippen molar-refractivity contribution in [3.05, 3.63) is 47.3 Å². The molecule has 7 heteroatoms. The minimum absolute atomic E-state index is 0.0593. The van der Waals surface area contributed by atoms with Gasteiger partial charge in [0.1, 0.15) is 12.4 Å². The maximum Gasteiger partial charge on any atom is 0.243 e. The van der Waals surface area contributed by atoms with Crippen molar-refractivity contribution in [3.8, 4) is 0 Å². The fourth-order valence-corrected chi connectivity index (χ4v) is 2.86. The molecular weight excluding hydrogens is 343 g/mol. The molecule has 1 saturated carbocycles. The number of nitrogens with zero attached hydrogens (tertiary/aromatic N) is 2. The number of nitrogens with one attached hydrogen (secondary N) is 2. The number of hydrogen-bond acceptors (Lipinski definition) is 2. The third-order valence-corrected chi connectivity index (χ3v) is 4.55. The Labute approximate surface area is 153 Å². The van der Waals surface area contributed by atoms with E-state index in [1.807, 2.05) is 0 Å². The van der Waals surface area contributed by atoms with Gasteiger partial charge in [-0.05, 0) is 30.5 Å². The maximum absolute atomic E-state index is 13.3. The van der Waals surface area contributed by atoms with Crippen LogP contribution < -0.4 is 10.6 Å². The van der Waals surface area contributed by atoms with Gasteiger partial charge in [-0.3, -0.25) is 4.79 Å². The van der Waals surface area contributed by atoms with Crippen LogP contribution in [0.25, 0.3) is 0 Å². The molecule has 0 atom stereocenters. The highest BCUT2D eigenvalue weighted by molar-refractivity contribution is 6.31. The predicted octanol–water partition coefficient (Wildman–Crippen LogP) is 2.32. The zero-order valence-corrected chi connectivity index (χ0v) is 15.4. The molecule has 0 heterocycles. The fraction of sp³-hybridized carbons (Fsp3) is 0.444. The summed E-state index contributed by atoms with van der Waals surface area (Å²) < 4.78 is 13.3. The fourth-order valence-electron chi connectivity index (χ4n) is 2.50. The highest BCUT2D eigenvalue weighted by Crippen LogP contribution is 2.50. The number of guanidine groups is 1. The highest BCUT2D eigenvalue weighted by Gasteiger charge is 2.45. The summed E-state index contributed by atoms with van der Waals surface area (Å²) in [6.07, 6.45) is 3.65. The molecule has 2 rings (SSSR count). The predicted molar refractivity (Wildman–Crippen MR) is 99.5 cm³/mol. The number of amides is 1. The lowest BCUT2D eigenvalue weighted by Gasteiger charge is -2.20. The van der Waals surface area contributed by atoms with Crippen molar-refractivity contribution in [3.63, 3.8) is 0 Å². The lowest BCUT2D eigenvalue weighted by molar-refractivity contribution is -0.127. The van der Waals surface area contributed by atoms with Crippen LogP contribution in [0.3, 0.4) is 0 Å². The Morgan fingerprint density at radius 2 is 2.16 bits per heavy atom. The van der Waals surface area contributed by atoms with Gasteiger partial charge < -0.3 is 15.5 Å². The number of carbonyl (C=O) groups excluding carboxylic acids is 1. The molecule has 2 N–H and O–H groups in total. The molecule has 0 saturated heterocycles. The summed E-state index contributed by atoms with van der Waals surface area (Å²) in [6.45, 7) is 4.87. The van der Waals surface area contributed by atoms with Crippen LogP contribution >= 0.6 is 11.6 Å². The number of hydrogen-bond donors (Lipinski definition) is 2. The normalized spacial score (nSPS) is 15.4. The minimum atomic E-state index is -0.338. The summed E-state index contributed by atoms with van der Waals surface area (Å²) in [5, 5.41) is 6.80. The van der Waals surface area contributed by atoms with Crippen molar-refractivity contribution in [1.82, 2.24) is 15.5 Å². The summed E-state index contributed by atoms with van der Waals surface area (Å²) in [5.41, 5.74) is 0.822. The van der Waals surface area contributed by atoms with Gasteiger partial charge in [-0.25, -0.2) is 9.38 Å². The molecule has 0 unspecified atom stereocenters. The lowest BCUT2D eigenvalue weighted by atomic mass is 9.96. The topological polar surface area (TPSA) is 56.7 Å². The zero-order chi connectivity index (χ0) is 18.4. The van der Waals surface area contributed by atoms with Gasteiger partial charge in [-0.1, -0.05) is 23.7 Å². The van der Waals surface area contributed by atoms with E-state index in [1.165, 1.54) is 17.0 Å². The zero-order valence-electron chi connectivity index (χ0n) is 14.6. The van der Waals surface area contributed by atoms with E-state index in [0.717, 1.165) is 18.4 Å². The third kappa shape index (κ3) is 5.19. The highest BCUT2D eigenvalue weighted by atomic mass is 35.5. The number of likely N-dealkylation sites (N-methyl/N-ethyl adjacent to an activating group) is 1. The van der Waals surface area contributed by atoms with Crippen LogP contribution in [0.15, 0.2) is 35.8 Å². The number of benzene rings is 1. The van der Waals surface area contributed by atoms with Gasteiger partial charge in [0, 0.05) is 37.6 Å². The smallest absolute Gasteiger partial charge is 0.243 e. The molecule has 0 spiro atoms. The standard InChI is InChI=1S/C18H24ClFN4O/c1-4-9-21-17(22-11-16(25)24(2)3)23-12-18(7-8-18)14-6-5-13(20)10-15(14)19/h4-6,10H,1,7-9,11-12H2,2-3H3,(H2,21,22,23). The number of carbonyl (C=O) groups is 1. The second-order valence-electron chi connectivity index (χ2n) is 6.38. The van der Waals surface area contributed by atoms with Crippen LogP contribution in [-0.4, -0.2) is 50.5 Å². The molecule has 1 aliphatic carbocycles. The quantitative estimate of drug-likeness (QED) is 0.442. The van der Waals surface area contributed by atoms with E-state index in [9.17, 15) is 9.18 Å². The molecule has 5 nitrogen and oxygen atoms in total. The van der Waals surface area contributed by atoms with E-state index in [-0.39, 0.29) is 23.7 Å². The first kappa shape index (κ1) is 19.2. The molecule has 1 aromatic carbocycles. The molecule has 0 aliphatic heterocycles. The SMILES string of the molecule is C=CCNC(=NCC(=O)N(C)C)NCC1(c2ccc(F)cc2Cl)CC1. The largest absolute Gasteiger partial charge is 0.355 e. The average molecular weight is 367 g/mol. The van der Waals surface area contributed by atoms with E-state index in [4.69, 9.17) is 11.6 Å². The Hall–Kier alpha value is -2.08. The van der Waals surface area contributed by atoms with Crippen LogP contribution in [0, 0.1) is 5.82 Å². The van der Waals surface area contributed by atoms with E-state index in [1.54, 1.807) is 26.2 Å². The summed E-state index contributed by atoms with van der Waals surface area (Å²) >= 11 is 6.21. The van der Waals surface area contributed by atoms with Gasteiger partial charge in [0.25, 0.3) is 0 Å². The van der Waals surface area contributed by atoms with Gasteiger partial charge in [0.05, 0.1) is 0 Å². The first-order chi connectivity index (χ1) is 11.9. The molecule has 1 fully saturated rings. The Bertz CT molecular complexity index is 671. The van der Waals surface area contributed by atoms with Crippen molar-refractivity contribution in [2.45, 2.75) is 18.3 Å². The Morgan fingerprint density at radius 1 is 1.44 bits per heavy atom. The van der Waals surface area contributed by atoms with Crippen molar-refractivity contribution < 1.29 is 9.18 Å². The molecule has 25 heavy (non-hydrogen) atoms. The number of aliphatic imine (C=N–C) groups is 1. The maximum atomic E-state index is 13.3. The van der Waals surface area contributed by atoms with Gasteiger partial charge in [-0.2, -0.15) is 0 Å². The van der Waals surface area contributed by atoms with Crippen LogP contribution in [0.2, 0.25) is 5.02 Å². The molecule has 0 bridgehead atoms. The molecule has 136 valence electrons. The molecule has 1 amide bonds. The van der Waals surface area contributed by atoms with Crippen LogP contribution in [0.5, 0.6) is 0 Å². The second kappa shape index (κ2) is 8.34. The van der Waals surface area contributed by atoms with E-state index in [0.29, 0.717) is 24.1 Å². The van der Waals surface area contributed by atoms with E-state index in [2.05, 4.69) is 22.2 Å². The van der Waals surface area contributed by atoms with Gasteiger partial charge >= 0.3 is 0 Å². The minimum Gasteiger partial charge on any atom is -0.355 e. The van der Waals surface area contributed by atoms with E-state index < -0.39 is 0 Å². The Kier molecular flexibility index (Phi) is 6.42. The van der Waals surface area contributed by atoms with Gasteiger partial charge in [0.2, 0.25) is 5.91 Å². The Balaban J connectivity index is 2.05. The van der Waals surface area contributed by atoms with Crippen molar-refractivity contribution >= 4 is 23.5 Å². The number of halogens is 2. The number of rotatable bonds is 7. The lowest BCUT2D eigenvalue weighted by Crippen LogP contribution is -2.42. The molecule has 0 aromatic heterocycles. The molecular formula is C18H24ClFN4O. The van der Waals surface area contributed by atoms with Crippen molar-refractivity contribution in [1.29, 1.82) is 0 Å². The van der Waals surface area contributed by atoms with Crippen molar-refractivity contribution in [2.75, 3.05) is 33.7 Å². The molecule has 1 aromatic rings. The summed E-state index contributed by atoms with van der Waals surface area (Å²) in [7, 11) is 3.38. The summed E-state index contributed by atoms with van der Waals surface area (Å²) in [6, 6.07) is 4.52. The van der Waals surface area contributed by atoms with Crippen LogP contribution in [0.4, 0.5) is 4.39 Å². The molecule has 0 radical (unpaired) electrons. The Morgan fingerprint density at radius 3 is 2.72 bits per heavy atom. The van der Waals surface area contributed by atoms with E-state index >= 15 is 0 Å².